The Balaban J connectivity index is 1.26. The van der Waals surface area contributed by atoms with E-state index in [0.29, 0.717) is 5.92 Å². The lowest BCUT2D eigenvalue weighted by molar-refractivity contribution is -0.157. The molecule has 1 atom stereocenters. The van der Waals surface area contributed by atoms with E-state index >= 15 is 0 Å². The van der Waals surface area contributed by atoms with Crippen molar-refractivity contribution in [2.75, 3.05) is 18.4 Å². The summed E-state index contributed by atoms with van der Waals surface area (Å²) in [5.41, 5.74) is 2.68. The molecule has 2 fully saturated rings. The molecule has 158 valence electrons. The summed E-state index contributed by atoms with van der Waals surface area (Å²) in [6, 6.07) is 6.64. The molecule has 1 aromatic heterocycles. The molecule has 2 N–H and O–H groups in total. The van der Waals surface area contributed by atoms with Crippen molar-refractivity contribution in [2.24, 2.45) is 17.3 Å². The zero-order valence-corrected chi connectivity index (χ0v) is 18.1. The maximum Gasteiger partial charge on any atom is 0.306 e. The van der Waals surface area contributed by atoms with Crippen LogP contribution in [0.2, 0.25) is 0 Å². The van der Waals surface area contributed by atoms with Crippen LogP contribution in [0.3, 0.4) is 0 Å². The number of aliphatic carboxylic acids is 1. The van der Waals surface area contributed by atoms with Gasteiger partial charge in [-0.1, -0.05) is 31.2 Å². The Bertz CT molecular complexity index is 960. The second kappa shape index (κ2) is 7.85. The predicted octanol–water partition coefficient (Wildman–Crippen LogP) is 4.79. The van der Waals surface area contributed by atoms with Crippen LogP contribution in [0.4, 0.5) is 11.5 Å². The Morgan fingerprint density at radius 2 is 2.17 bits per heavy atom. The standard InChI is InChI=1S/C23H28N4O2S/c1-2-3-17-14-27(9-6-23(17)11-16(12-23)22(28)29)13-15-4-5-19-18(10-15)26-20-21(30-19)25-8-7-24-20/h4-5,7-8,10,16-17H,2-3,6,9,11-14H2,1H3,(H,24,26)(H,28,29). The van der Waals surface area contributed by atoms with Crippen molar-refractivity contribution >= 4 is 29.2 Å². The van der Waals surface area contributed by atoms with Gasteiger partial charge in [-0.25, -0.2) is 9.97 Å². The monoisotopic (exact) mass is 424 g/mol. The van der Waals surface area contributed by atoms with E-state index in [1.807, 2.05) is 0 Å². The van der Waals surface area contributed by atoms with Gasteiger partial charge in [0.15, 0.2) is 5.82 Å². The van der Waals surface area contributed by atoms with Crippen LogP contribution in [0, 0.1) is 17.3 Å². The lowest BCUT2D eigenvalue weighted by atomic mass is 9.52. The van der Waals surface area contributed by atoms with Crippen molar-refractivity contribution in [3.05, 3.63) is 36.2 Å². The van der Waals surface area contributed by atoms with Crippen molar-refractivity contribution in [3.8, 4) is 0 Å². The third-order valence-electron chi connectivity index (χ3n) is 7.14. The summed E-state index contributed by atoms with van der Waals surface area (Å²) in [4.78, 5) is 23.9. The number of carboxylic acid groups (broad SMARTS) is 1. The fourth-order valence-corrected chi connectivity index (χ4v) is 6.42. The van der Waals surface area contributed by atoms with Crippen molar-refractivity contribution in [3.63, 3.8) is 0 Å². The molecule has 1 saturated carbocycles. The summed E-state index contributed by atoms with van der Waals surface area (Å²) in [6.07, 6.45) is 8.68. The predicted molar refractivity (Wildman–Crippen MR) is 117 cm³/mol. The van der Waals surface area contributed by atoms with Crippen molar-refractivity contribution in [1.82, 2.24) is 14.9 Å². The van der Waals surface area contributed by atoms with E-state index in [4.69, 9.17) is 0 Å². The van der Waals surface area contributed by atoms with E-state index in [2.05, 4.69) is 45.3 Å². The Hall–Kier alpha value is -2.12. The molecule has 6 nitrogen and oxygen atoms in total. The fourth-order valence-electron chi connectivity index (χ4n) is 5.54. The zero-order valence-electron chi connectivity index (χ0n) is 17.3. The summed E-state index contributed by atoms with van der Waals surface area (Å²) in [7, 11) is 0. The van der Waals surface area contributed by atoms with Crippen LogP contribution < -0.4 is 5.32 Å². The Morgan fingerprint density at radius 1 is 1.33 bits per heavy atom. The Labute approximate surface area is 181 Å². The number of hydrogen-bond acceptors (Lipinski definition) is 6. The molecule has 1 spiro atoms. The van der Waals surface area contributed by atoms with Gasteiger partial charge in [-0.15, -0.1) is 0 Å². The number of carboxylic acids is 1. The van der Waals surface area contributed by atoms with Crippen LogP contribution in [-0.2, 0) is 11.3 Å². The molecule has 2 aromatic rings. The molecule has 30 heavy (non-hydrogen) atoms. The van der Waals surface area contributed by atoms with E-state index in [9.17, 15) is 9.90 Å². The Kier molecular flexibility index (Phi) is 5.19. The van der Waals surface area contributed by atoms with Gasteiger partial charge in [0.25, 0.3) is 0 Å². The fraction of sp³-hybridized carbons (Fsp3) is 0.522. The minimum Gasteiger partial charge on any atom is -0.481 e. The van der Waals surface area contributed by atoms with Crippen LogP contribution >= 0.6 is 11.8 Å². The van der Waals surface area contributed by atoms with Gasteiger partial charge in [0.05, 0.1) is 11.6 Å². The summed E-state index contributed by atoms with van der Waals surface area (Å²) < 4.78 is 0. The van der Waals surface area contributed by atoms with E-state index < -0.39 is 5.97 Å². The van der Waals surface area contributed by atoms with Crippen molar-refractivity contribution in [1.29, 1.82) is 0 Å². The number of fused-ring (bicyclic) bond motifs is 2. The minimum atomic E-state index is -0.607. The number of piperidine rings is 1. The number of nitrogens with one attached hydrogen (secondary N) is 1. The Morgan fingerprint density at radius 3 is 2.97 bits per heavy atom. The highest BCUT2D eigenvalue weighted by Crippen LogP contribution is 2.56. The maximum atomic E-state index is 11.3. The first-order valence-electron chi connectivity index (χ1n) is 10.9. The van der Waals surface area contributed by atoms with E-state index in [-0.39, 0.29) is 11.3 Å². The third-order valence-corrected chi connectivity index (χ3v) is 8.21. The number of rotatable bonds is 5. The van der Waals surface area contributed by atoms with Crippen molar-refractivity contribution < 1.29 is 9.90 Å². The first-order chi connectivity index (χ1) is 14.6. The van der Waals surface area contributed by atoms with Crippen LogP contribution in [0.25, 0.3) is 0 Å². The van der Waals surface area contributed by atoms with Gasteiger partial charge >= 0.3 is 5.97 Å². The van der Waals surface area contributed by atoms with Crippen LogP contribution in [0.15, 0.2) is 40.5 Å². The van der Waals surface area contributed by atoms with Gasteiger partial charge in [0, 0.05) is 30.4 Å². The first kappa shape index (κ1) is 19.8. The maximum absolute atomic E-state index is 11.3. The quantitative estimate of drug-likeness (QED) is 0.610. The molecule has 1 aromatic carbocycles. The summed E-state index contributed by atoms with van der Waals surface area (Å²) in [5, 5.41) is 13.7. The van der Waals surface area contributed by atoms with E-state index in [1.165, 1.54) is 23.3 Å². The topological polar surface area (TPSA) is 78.3 Å². The summed E-state index contributed by atoms with van der Waals surface area (Å²) in [6.45, 7) is 5.31. The van der Waals surface area contributed by atoms with Crippen LogP contribution in [-0.4, -0.2) is 39.0 Å². The molecule has 1 aliphatic carbocycles. The second-order valence-electron chi connectivity index (χ2n) is 9.04. The molecule has 0 radical (unpaired) electrons. The largest absolute Gasteiger partial charge is 0.481 e. The number of likely N-dealkylation sites (tertiary alicyclic amines) is 1. The smallest absolute Gasteiger partial charge is 0.306 e. The van der Waals surface area contributed by atoms with E-state index in [1.54, 1.807) is 24.2 Å². The lowest BCUT2D eigenvalue weighted by Crippen LogP contribution is -2.54. The molecule has 1 saturated heterocycles. The van der Waals surface area contributed by atoms with Crippen LogP contribution in [0.1, 0.15) is 44.6 Å². The third kappa shape index (κ3) is 3.58. The summed E-state index contributed by atoms with van der Waals surface area (Å²) >= 11 is 1.66. The number of aromatic nitrogens is 2. The highest BCUT2D eigenvalue weighted by Gasteiger charge is 2.53. The highest BCUT2D eigenvalue weighted by atomic mass is 32.2. The molecule has 0 amide bonds. The molecule has 2 aliphatic heterocycles. The number of anilines is 2. The SMILES string of the molecule is CCCC1CN(Cc2ccc3c(c2)Nc2nccnc2S3)CCC12CC(C(=O)O)C2. The number of hydrogen-bond donors (Lipinski definition) is 2. The molecular weight excluding hydrogens is 396 g/mol. The number of benzene rings is 1. The average molecular weight is 425 g/mol. The van der Waals surface area contributed by atoms with Gasteiger partial charge < -0.3 is 10.4 Å². The van der Waals surface area contributed by atoms with E-state index in [0.717, 1.165) is 55.4 Å². The molecule has 5 rings (SSSR count). The lowest BCUT2D eigenvalue weighted by Gasteiger charge is -2.56. The van der Waals surface area contributed by atoms with Crippen molar-refractivity contribution in [2.45, 2.75) is 55.5 Å². The molecule has 3 aliphatic rings. The number of carbonyl (C=O) groups is 1. The zero-order chi connectivity index (χ0) is 20.7. The van der Waals surface area contributed by atoms with Crippen LogP contribution in [0.5, 0.6) is 0 Å². The minimum absolute atomic E-state index is 0.119. The molecule has 7 heteroatoms. The second-order valence-corrected chi connectivity index (χ2v) is 10.1. The highest BCUT2D eigenvalue weighted by molar-refractivity contribution is 7.99. The summed E-state index contributed by atoms with van der Waals surface area (Å²) in [5.74, 6) is 0.712. The molecule has 0 bridgehead atoms. The van der Waals surface area contributed by atoms with Gasteiger partial charge in [0.2, 0.25) is 0 Å². The first-order valence-corrected chi connectivity index (χ1v) is 11.7. The van der Waals surface area contributed by atoms with Gasteiger partial charge in [-0.3, -0.25) is 9.69 Å². The molecular formula is C23H28N4O2S. The molecule has 3 heterocycles. The average Bonchev–Trinajstić information content (AvgIpc) is 2.71. The normalized spacial score (nSPS) is 27.6. The molecule has 1 unspecified atom stereocenters. The van der Waals surface area contributed by atoms with Gasteiger partial charge in [-0.2, -0.15) is 0 Å². The number of nitrogens with zero attached hydrogens (tertiary/aromatic N) is 3. The van der Waals surface area contributed by atoms with Gasteiger partial charge in [0.1, 0.15) is 5.03 Å². The van der Waals surface area contributed by atoms with Gasteiger partial charge in [-0.05, 0) is 61.3 Å².